The molecular weight excluding hydrogens is 316 g/mol. The zero-order chi connectivity index (χ0) is 18.2. The zero-order valence-corrected chi connectivity index (χ0v) is 14.8. The zero-order valence-electron chi connectivity index (χ0n) is 14.8. The van der Waals surface area contributed by atoms with Crippen LogP contribution in [0.25, 0.3) is 11.1 Å². The summed E-state index contributed by atoms with van der Waals surface area (Å²) in [5, 5.41) is 5.45. The summed E-state index contributed by atoms with van der Waals surface area (Å²) in [5.74, 6) is 0.482. The number of hydrogen-bond donors (Lipinski definition) is 2. The van der Waals surface area contributed by atoms with E-state index in [9.17, 15) is 9.59 Å². The van der Waals surface area contributed by atoms with Crippen LogP contribution in [0.4, 0.5) is 0 Å². The topological polar surface area (TPSA) is 67.4 Å². The molecule has 0 aliphatic carbocycles. The summed E-state index contributed by atoms with van der Waals surface area (Å²) in [6, 6.07) is 15.7. The van der Waals surface area contributed by atoms with Crippen LogP contribution in [0.1, 0.15) is 31.9 Å². The number of rotatable bonds is 7. The van der Waals surface area contributed by atoms with E-state index < -0.39 is 0 Å². The molecule has 0 aliphatic rings. The maximum absolute atomic E-state index is 11.9. The maximum Gasteiger partial charge on any atom is 0.239 e. The molecule has 0 radical (unpaired) electrons. The van der Waals surface area contributed by atoms with Crippen molar-refractivity contribution in [3.8, 4) is 16.9 Å². The largest absolute Gasteiger partial charge is 0.496 e. The second-order valence-electron chi connectivity index (χ2n) is 5.74. The number of carbonyl (C=O) groups excluding carboxylic acids is 2. The summed E-state index contributed by atoms with van der Waals surface area (Å²) in [6.07, 6.45) is 0.368. The van der Waals surface area contributed by atoms with Gasteiger partial charge in [-0.05, 0) is 24.1 Å². The smallest absolute Gasteiger partial charge is 0.239 e. The van der Waals surface area contributed by atoms with Crippen molar-refractivity contribution in [3.05, 3.63) is 54.1 Å². The van der Waals surface area contributed by atoms with E-state index in [1.165, 1.54) is 0 Å². The first-order valence-corrected chi connectivity index (χ1v) is 8.34. The van der Waals surface area contributed by atoms with Gasteiger partial charge in [0.05, 0.1) is 19.7 Å². The van der Waals surface area contributed by atoms with Gasteiger partial charge in [0.25, 0.3) is 0 Å². The van der Waals surface area contributed by atoms with E-state index in [1.807, 2.05) is 55.5 Å². The third-order valence-corrected chi connectivity index (χ3v) is 3.97. The predicted octanol–water partition coefficient (Wildman–Crippen LogP) is 3.07. The summed E-state index contributed by atoms with van der Waals surface area (Å²) >= 11 is 0. The molecule has 132 valence electrons. The molecule has 2 amide bonds. The summed E-state index contributed by atoms with van der Waals surface area (Å²) in [4.78, 5) is 23.1. The Labute approximate surface area is 148 Å². The standard InChI is InChI=1S/C20H24N2O3/c1-4-19(23)21-13-20(24)22-14(2)15-9-11-16(12-10-15)17-7-5-6-8-18(17)25-3/h5-12,14H,4,13H2,1-3H3,(H,21,23)(H,22,24)/t14-/m0/s1. The molecule has 2 rings (SSSR count). The maximum atomic E-state index is 11.9. The predicted molar refractivity (Wildman–Crippen MR) is 98.3 cm³/mol. The number of hydrogen-bond acceptors (Lipinski definition) is 3. The molecule has 5 nitrogen and oxygen atoms in total. The van der Waals surface area contributed by atoms with Gasteiger partial charge in [-0.2, -0.15) is 0 Å². The van der Waals surface area contributed by atoms with Crippen LogP contribution in [0.3, 0.4) is 0 Å². The molecule has 2 N–H and O–H groups in total. The second-order valence-corrected chi connectivity index (χ2v) is 5.74. The lowest BCUT2D eigenvalue weighted by molar-refractivity contribution is -0.126. The van der Waals surface area contributed by atoms with E-state index in [0.717, 1.165) is 22.4 Å². The van der Waals surface area contributed by atoms with Crippen molar-refractivity contribution < 1.29 is 14.3 Å². The van der Waals surface area contributed by atoms with Gasteiger partial charge in [-0.25, -0.2) is 0 Å². The van der Waals surface area contributed by atoms with E-state index >= 15 is 0 Å². The van der Waals surface area contributed by atoms with E-state index in [0.29, 0.717) is 6.42 Å². The number of nitrogens with one attached hydrogen (secondary N) is 2. The van der Waals surface area contributed by atoms with Gasteiger partial charge in [-0.15, -0.1) is 0 Å². The Hall–Kier alpha value is -2.82. The van der Waals surface area contributed by atoms with Crippen LogP contribution in [0, 0.1) is 0 Å². The fourth-order valence-corrected chi connectivity index (χ4v) is 2.51. The van der Waals surface area contributed by atoms with Crippen molar-refractivity contribution in [2.24, 2.45) is 0 Å². The first-order valence-electron chi connectivity index (χ1n) is 8.34. The second kappa shape index (κ2) is 8.87. The third-order valence-electron chi connectivity index (χ3n) is 3.97. The van der Waals surface area contributed by atoms with Gasteiger partial charge >= 0.3 is 0 Å². The van der Waals surface area contributed by atoms with Crippen LogP contribution in [-0.4, -0.2) is 25.5 Å². The molecule has 0 unspecified atom stereocenters. The van der Waals surface area contributed by atoms with Crippen LogP contribution in [-0.2, 0) is 9.59 Å². The molecule has 1 atom stereocenters. The van der Waals surface area contributed by atoms with Crippen LogP contribution >= 0.6 is 0 Å². The number of methoxy groups -OCH3 is 1. The molecule has 2 aromatic carbocycles. The minimum atomic E-state index is -0.205. The highest BCUT2D eigenvalue weighted by Crippen LogP contribution is 2.30. The van der Waals surface area contributed by atoms with Crippen molar-refractivity contribution >= 4 is 11.8 Å². The molecule has 0 saturated carbocycles. The molecular formula is C20H24N2O3. The van der Waals surface area contributed by atoms with Crippen LogP contribution in [0.5, 0.6) is 5.75 Å². The minimum absolute atomic E-state index is 0.00366. The van der Waals surface area contributed by atoms with E-state index in [-0.39, 0.29) is 24.4 Å². The normalized spacial score (nSPS) is 11.5. The number of carbonyl (C=O) groups is 2. The first-order chi connectivity index (χ1) is 12.0. The van der Waals surface area contributed by atoms with Crippen molar-refractivity contribution in [1.29, 1.82) is 0 Å². The Bertz CT molecular complexity index is 726. The van der Waals surface area contributed by atoms with Gasteiger partial charge in [0.2, 0.25) is 11.8 Å². The van der Waals surface area contributed by atoms with Gasteiger partial charge in [0.1, 0.15) is 5.75 Å². The molecule has 0 spiro atoms. The molecule has 0 saturated heterocycles. The van der Waals surface area contributed by atoms with E-state index in [1.54, 1.807) is 14.0 Å². The highest BCUT2D eigenvalue weighted by Gasteiger charge is 2.11. The van der Waals surface area contributed by atoms with Gasteiger partial charge in [0.15, 0.2) is 0 Å². The summed E-state index contributed by atoms with van der Waals surface area (Å²) in [5.41, 5.74) is 3.07. The Morgan fingerprint density at radius 3 is 2.36 bits per heavy atom. The molecule has 0 aromatic heterocycles. The fourth-order valence-electron chi connectivity index (χ4n) is 2.51. The third kappa shape index (κ3) is 5.08. The average Bonchev–Trinajstić information content (AvgIpc) is 2.66. The number of benzene rings is 2. The van der Waals surface area contributed by atoms with Gasteiger partial charge in [0, 0.05) is 12.0 Å². The minimum Gasteiger partial charge on any atom is -0.496 e. The number of amides is 2. The van der Waals surface area contributed by atoms with E-state index in [2.05, 4.69) is 10.6 Å². The average molecular weight is 340 g/mol. The van der Waals surface area contributed by atoms with Gasteiger partial charge in [-0.1, -0.05) is 49.4 Å². The van der Waals surface area contributed by atoms with Crippen molar-refractivity contribution in [2.75, 3.05) is 13.7 Å². The number of para-hydroxylation sites is 1. The highest BCUT2D eigenvalue weighted by atomic mass is 16.5. The Morgan fingerprint density at radius 1 is 1.04 bits per heavy atom. The summed E-state index contributed by atoms with van der Waals surface area (Å²) in [7, 11) is 1.65. The monoisotopic (exact) mass is 340 g/mol. The molecule has 0 bridgehead atoms. The highest BCUT2D eigenvalue weighted by molar-refractivity contribution is 5.84. The van der Waals surface area contributed by atoms with Crippen LogP contribution < -0.4 is 15.4 Å². The SMILES string of the molecule is CCC(=O)NCC(=O)N[C@@H](C)c1ccc(-c2ccccc2OC)cc1. The molecule has 0 fully saturated rings. The molecule has 5 heteroatoms. The van der Waals surface area contributed by atoms with Crippen LogP contribution in [0.2, 0.25) is 0 Å². The first kappa shape index (κ1) is 18.5. The molecule has 0 aliphatic heterocycles. The van der Waals surface area contributed by atoms with Crippen molar-refractivity contribution in [3.63, 3.8) is 0 Å². The molecule has 25 heavy (non-hydrogen) atoms. The quantitative estimate of drug-likeness (QED) is 0.814. The molecule has 0 heterocycles. The Balaban J connectivity index is 2.01. The lowest BCUT2D eigenvalue weighted by atomic mass is 10.0. The Morgan fingerprint density at radius 2 is 1.72 bits per heavy atom. The number of ether oxygens (including phenoxy) is 1. The van der Waals surface area contributed by atoms with Crippen molar-refractivity contribution in [2.45, 2.75) is 26.3 Å². The molecule has 2 aromatic rings. The van der Waals surface area contributed by atoms with Crippen molar-refractivity contribution in [1.82, 2.24) is 10.6 Å². The lowest BCUT2D eigenvalue weighted by Crippen LogP contribution is -2.37. The fraction of sp³-hybridized carbons (Fsp3) is 0.300. The van der Waals surface area contributed by atoms with Gasteiger partial charge < -0.3 is 15.4 Å². The summed E-state index contributed by atoms with van der Waals surface area (Å²) in [6.45, 7) is 3.66. The lowest BCUT2D eigenvalue weighted by Gasteiger charge is -2.15. The van der Waals surface area contributed by atoms with Gasteiger partial charge in [-0.3, -0.25) is 9.59 Å². The summed E-state index contributed by atoms with van der Waals surface area (Å²) < 4.78 is 5.39. The van der Waals surface area contributed by atoms with E-state index in [4.69, 9.17) is 4.74 Å². The Kier molecular flexibility index (Phi) is 6.57. The van der Waals surface area contributed by atoms with Crippen LogP contribution in [0.15, 0.2) is 48.5 Å².